The Labute approximate surface area is 193 Å². The zero-order chi connectivity index (χ0) is 23.8. The van der Waals surface area contributed by atoms with E-state index in [0.29, 0.717) is 28.0 Å². The minimum absolute atomic E-state index is 0.0673. The van der Waals surface area contributed by atoms with E-state index in [1.807, 2.05) is 12.1 Å². The highest BCUT2D eigenvalue weighted by molar-refractivity contribution is 6.34. The van der Waals surface area contributed by atoms with Gasteiger partial charge in [-0.25, -0.2) is 9.97 Å². The predicted molar refractivity (Wildman–Crippen MR) is 122 cm³/mol. The van der Waals surface area contributed by atoms with E-state index in [1.165, 1.54) is 18.3 Å². The van der Waals surface area contributed by atoms with Crippen molar-refractivity contribution in [3.05, 3.63) is 83.0 Å². The summed E-state index contributed by atoms with van der Waals surface area (Å²) in [5, 5.41) is 14.0. The molecule has 0 spiro atoms. The summed E-state index contributed by atoms with van der Waals surface area (Å²) in [5.74, 6) is 0.294. The lowest BCUT2D eigenvalue weighted by Gasteiger charge is -2.16. The Morgan fingerprint density at radius 1 is 0.939 bits per heavy atom. The monoisotopic (exact) mass is 472 g/mol. The van der Waals surface area contributed by atoms with Crippen molar-refractivity contribution in [1.82, 2.24) is 15.0 Å². The summed E-state index contributed by atoms with van der Waals surface area (Å²) in [7, 11) is 0. The number of fused-ring (bicyclic) bond motifs is 1. The van der Waals surface area contributed by atoms with Crippen molar-refractivity contribution >= 4 is 28.2 Å². The highest BCUT2D eigenvalue weighted by Gasteiger charge is 2.32. The highest BCUT2D eigenvalue weighted by Crippen LogP contribution is 2.35. The van der Waals surface area contributed by atoms with Crippen LogP contribution in [0, 0.1) is 0 Å². The average Bonchev–Trinajstić information content (AvgIpc) is 2.77. The van der Waals surface area contributed by atoms with Crippen LogP contribution in [-0.4, -0.2) is 20.1 Å². The van der Waals surface area contributed by atoms with Gasteiger partial charge in [0.2, 0.25) is 0 Å². The smallest absolute Gasteiger partial charge is 0.382 e. The van der Waals surface area contributed by atoms with Crippen LogP contribution in [0.15, 0.2) is 61.1 Å². The minimum Gasteiger partial charge on any atom is -0.382 e. The van der Waals surface area contributed by atoms with E-state index < -0.39 is 17.3 Å². The van der Waals surface area contributed by atoms with Gasteiger partial charge in [0.05, 0.1) is 21.8 Å². The Kier molecular flexibility index (Phi) is 5.99. The fraction of sp³-hybridized carbons (Fsp3) is 0.208. The first-order valence-electron chi connectivity index (χ1n) is 10.1. The molecule has 0 saturated carbocycles. The first-order chi connectivity index (χ1) is 15.5. The van der Waals surface area contributed by atoms with Crippen molar-refractivity contribution in [2.75, 3.05) is 5.32 Å². The number of nitrogens with one attached hydrogen (secondary N) is 1. The van der Waals surface area contributed by atoms with Gasteiger partial charge in [0, 0.05) is 36.1 Å². The van der Waals surface area contributed by atoms with Crippen LogP contribution in [0.25, 0.3) is 22.0 Å². The van der Waals surface area contributed by atoms with Crippen LogP contribution in [0.2, 0.25) is 5.02 Å². The van der Waals surface area contributed by atoms with Crippen LogP contribution in [0.3, 0.4) is 0 Å². The van der Waals surface area contributed by atoms with Crippen LogP contribution in [0.4, 0.5) is 18.9 Å². The highest BCUT2D eigenvalue weighted by atomic mass is 35.5. The Morgan fingerprint density at radius 3 is 2.30 bits per heavy atom. The molecule has 33 heavy (non-hydrogen) atoms. The lowest BCUT2D eigenvalue weighted by Crippen LogP contribution is -2.19. The average molecular weight is 473 g/mol. The molecule has 0 bridgehead atoms. The third kappa shape index (κ3) is 4.91. The Balaban J connectivity index is 1.70. The predicted octanol–water partition coefficient (Wildman–Crippen LogP) is 6.20. The van der Waals surface area contributed by atoms with Crippen molar-refractivity contribution in [3.8, 4) is 11.1 Å². The number of halogens is 4. The number of aromatic nitrogens is 3. The quantitative estimate of drug-likeness (QED) is 0.361. The van der Waals surface area contributed by atoms with Gasteiger partial charge in [-0.1, -0.05) is 35.9 Å². The number of hydrogen-bond donors (Lipinski definition) is 2. The van der Waals surface area contributed by atoms with E-state index in [4.69, 9.17) is 11.6 Å². The summed E-state index contributed by atoms with van der Waals surface area (Å²) in [6, 6.07) is 10.9. The van der Waals surface area contributed by atoms with Crippen molar-refractivity contribution in [3.63, 3.8) is 0 Å². The number of rotatable bonds is 5. The van der Waals surface area contributed by atoms with Crippen molar-refractivity contribution in [2.45, 2.75) is 32.2 Å². The molecule has 0 radical (unpaired) electrons. The van der Waals surface area contributed by atoms with E-state index >= 15 is 0 Å². The summed E-state index contributed by atoms with van der Waals surface area (Å²) in [6.45, 7) is 3.13. The van der Waals surface area contributed by atoms with E-state index in [-0.39, 0.29) is 17.1 Å². The first kappa shape index (κ1) is 22.9. The van der Waals surface area contributed by atoms with E-state index in [2.05, 4.69) is 20.3 Å². The van der Waals surface area contributed by atoms with E-state index in [1.54, 1.807) is 38.4 Å². The van der Waals surface area contributed by atoms with Crippen molar-refractivity contribution in [2.24, 2.45) is 0 Å². The third-order valence-electron chi connectivity index (χ3n) is 5.13. The lowest BCUT2D eigenvalue weighted by molar-refractivity contribution is -0.138. The zero-order valence-corrected chi connectivity index (χ0v) is 18.5. The molecule has 0 unspecified atom stereocenters. The van der Waals surface area contributed by atoms with Gasteiger partial charge < -0.3 is 10.4 Å². The molecule has 2 aromatic heterocycles. The standard InChI is InChI=1S/C24H20ClF3N4O/c1-23(2,33)22-31-11-16(12-32-22)14-7-8-20-17(9-14)21(19(25)13-29-20)30-10-15-5-3-4-6-18(15)24(26,27)28/h3-9,11-13,33H,10H2,1-2H3,(H,29,30). The molecule has 4 rings (SSSR count). The number of benzene rings is 2. The van der Waals surface area contributed by atoms with Crippen molar-refractivity contribution < 1.29 is 18.3 Å². The fourth-order valence-corrected chi connectivity index (χ4v) is 3.67. The molecule has 2 N–H and O–H groups in total. The van der Waals surface area contributed by atoms with Crippen LogP contribution >= 0.6 is 11.6 Å². The lowest BCUT2D eigenvalue weighted by atomic mass is 10.0. The second-order valence-corrected chi connectivity index (χ2v) is 8.48. The second kappa shape index (κ2) is 8.61. The van der Waals surface area contributed by atoms with Gasteiger partial charge >= 0.3 is 6.18 Å². The maximum atomic E-state index is 13.4. The SMILES string of the molecule is CC(C)(O)c1ncc(-c2ccc3ncc(Cl)c(NCc4ccccc4C(F)(F)F)c3c2)cn1. The van der Waals surface area contributed by atoms with Crippen LogP contribution in [0.1, 0.15) is 30.8 Å². The maximum absolute atomic E-state index is 13.4. The number of pyridine rings is 1. The molecular formula is C24H20ClF3N4O. The number of anilines is 1. The van der Waals surface area contributed by atoms with Gasteiger partial charge in [0.1, 0.15) is 5.60 Å². The Morgan fingerprint density at radius 2 is 1.64 bits per heavy atom. The van der Waals surface area contributed by atoms with Gasteiger partial charge in [0.25, 0.3) is 0 Å². The molecule has 2 aromatic carbocycles. The largest absolute Gasteiger partial charge is 0.416 e. The second-order valence-electron chi connectivity index (χ2n) is 8.08. The van der Waals surface area contributed by atoms with Gasteiger partial charge in [-0.3, -0.25) is 4.98 Å². The molecule has 2 heterocycles. The third-order valence-corrected chi connectivity index (χ3v) is 5.42. The molecule has 0 aliphatic rings. The molecule has 0 aliphatic heterocycles. The molecule has 4 aromatic rings. The maximum Gasteiger partial charge on any atom is 0.416 e. The minimum atomic E-state index is -4.45. The Hall–Kier alpha value is -3.23. The first-order valence-corrected chi connectivity index (χ1v) is 10.4. The zero-order valence-electron chi connectivity index (χ0n) is 17.8. The molecule has 5 nitrogen and oxygen atoms in total. The molecule has 0 atom stereocenters. The van der Waals surface area contributed by atoms with Gasteiger partial charge in [-0.2, -0.15) is 13.2 Å². The number of aliphatic hydroxyl groups is 1. The molecule has 170 valence electrons. The van der Waals surface area contributed by atoms with Crippen LogP contribution < -0.4 is 5.32 Å². The number of alkyl halides is 3. The molecule has 9 heteroatoms. The van der Waals surface area contributed by atoms with E-state index in [9.17, 15) is 18.3 Å². The summed E-state index contributed by atoms with van der Waals surface area (Å²) in [6.07, 6.45) is 0.214. The summed E-state index contributed by atoms with van der Waals surface area (Å²) >= 11 is 6.37. The van der Waals surface area contributed by atoms with Crippen molar-refractivity contribution in [1.29, 1.82) is 0 Å². The van der Waals surface area contributed by atoms with Crippen LogP contribution in [-0.2, 0) is 18.3 Å². The summed E-state index contributed by atoms with van der Waals surface area (Å²) < 4.78 is 40.1. The summed E-state index contributed by atoms with van der Waals surface area (Å²) in [4.78, 5) is 12.8. The fourth-order valence-electron chi connectivity index (χ4n) is 3.46. The molecular weight excluding hydrogens is 453 g/mol. The Bertz CT molecular complexity index is 1300. The normalized spacial score (nSPS) is 12.2. The number of nitrogens with zero attached hydrogens (tertiary/aromatic N) is 3. The van der Waals surface area contributed by atoms with Gasteiger partial charge in [-0.05, 0) is 43.2 Å². The molecule has 0 aliphatic carbocycles. The summed E-state index contributed by atoms with van der Waals surface area (Å²) in [5.41, 5.74) is 0.835. The molecule has 0 fully saturated rings. The van der Waals surface area contributed by atoms with Crippen LogP contribution in [0.5, 0.6) is 0 Å². The molecule has 0 saturated heterocycles. The molecule has 0 amide bonds. The van der Waals surface area contributed by atoms with Gasteiger partial charge in [-0.15, -0.1) is 0 Å². The topological polar surface area (TPSA) is 70.9 Å². The van der Waals surface area contributed by atoms with E-state index in [0.717, 1.165) is 11.6 Å². The van der Waals surface area contributed by atoms with Gasteiger partial charge in [0.15, 0.2) is 5.82 Å². The number of hydrogen-bond acceptors (Lipinski definition) is 5.